The van der Waals surface area contributed by atoms with Gasteiger partial charge in [0.2, 0.25) is 10.0 Å². The van der Waals surface area contributed by atoms with Crippen LogP contribution in [0.2, 0.25) is 0 Å². The monoisotopic (exact) mass is 401 g/mol. The summed E-state index contributed by atoms with van der Waals surface area (Å²) >= 11 is 2.15. The molecule has 5 heteroatoms. The quantitative estimate of drug-likeness (QED) is 0.777. The van der Waals surface area contributed by atoms with E-state index in [1.165, 1.54) is 0 Å². The molecule has 0 amide bonds. The van der Waals surface area contributed by atoms with Crippen molar-refractivity contribution in [1.29, 1.82) is 0 Å². The summed E-state index contributed by atoms with van der Waals surface area (Å²) in [5.74, 6) is 0. The van der Waals surface area contributed by atoms with Gasteiger partial charge in [0.25, 0.3) is 0 Å². The molecule has 2 aromatic carbocycles. The fourth-order valence-corrected chi connectivity index (χ4v) is 3.61. The largest absolute Gasteiger partial charge is 0.241 e. The lowest BCUT2D eigenvalue weighted by molar-refractivity contribution is 0.550. The number of hydrogen-bond acceptors (Lipinski definition) is 2. The third-order valence-electron chi connectivity index (χ3n) is 3.03. The van der Waals surface area contributed by atoms with Gasteiger partial charge in [-0.2, -0.15) is 0 Å². The first-order chi connectivity index (χ1) is 9.53. The number of rotatable bonds is 5. The number of halogens is 1. The molecule has 0 aromatic heterocycles. The zero-order chi connectivity index (χ0) is 14.6. The van der Waals surface area contributed by atoms with Crippen molar-refractivity contribution in [2.24, 2.45) is 0 Å². The van der Waals surface area contributed by atoms with Crippen LogP contribution in [0.3, 0.4) is 0 Å². The van der Waals surface area contributed by atoms with Gasteiger partial charge in [-0.25, -0.2) is 13.1 Å². The highest BCUT2D eigenvalue weighted by Gasteiger charge is 2.19. The number of benzene rings is 2. The maximum Gasteiger partial charge on any atom is 0.241 e. The zero-order valence-corrected chi connectivity index (χ0v) is 14.1. The predicted molar refractivity (Wildman–Crippen MR) is 89.0 cm³/mol. The Kier molecular flexibility index (Phi) is 5.17. The minimum absolute atomic E-state index is 0.208. The highest BCUT2D eigenvalue weighted by atomic mass is 127. The molecule has 0 aliphatic carbocycles. The second-order valence-corrected chi connectivity index (χ2v) is 7.41. The van der Waals surface area contributed by atoms with Crippen LogP contribution >= 0.6 is 22.6 Å². The molecule has 0 radical (unpaired) electrons. The molecule has 0 saturated carbocycles. The van der Waals surface area contributed by atoms with Crippen LogP contribution in [0.15, 0.2) is 59.5 Å². The summed E-state index contributed by atoms with van der Waals surface area (Å²) in [5.41, 5.74) is 0.976. The third-order valence-corrected chi connectivity index (χ3v) is 5.24. The van der Waals surface area contributed by atoms with Crippen molar-refractivity contribution in [3.05, 3.63) is 63.7 Å². The molecule has 0 bridgehead atoms. The van der Waals surface area contributed by atoms with Crippen LogP contribution in [0.5, 0.6) is 0 Å². The summed E-state index contributed by atoms with van der Waals surface area (Å²) in [5, 5.41) is 0. The van der Waals surface area contributed by atoms with E-state index < -0.39 is 10.0 Å². The molecule has 1 unspecified atom stereocenters. The van der Waals surface area contributed by atoms with Crippen LogP contribution in [-0.4, -0.2) is 8.42 Å². The first kappa shape index (κ1) is 15.5. The van der Waals surface area contributed by atoms with E-state index in [0.717, 1.165) is 9.13 Å². The third kappa shape index (κ3) is 3.80. The Morgan fingerprint density at radius 2 is 1.65 bits per heavy atom. The lowest BCUT2D eigenvalue weighted by Gasteiger charge is -2.17. The van der Waals surface area contributed by atoms with Crippen molar-refractivity contribution < 1.29 is 8.42 Å². The lowest BCUT2D eigenvalue weighted by atomic mass is 10.1. The predicted octanol–water partition coefficient (Wildman–Crippen LogP) is 3.72. The van der Waals surface area contributed by atoms with E-state index in [0.29, 0.717) is 11.3 Å². The van der Waals surface area contributed by atoms with Crippen LogP contribution in [0.25, 0.3) is 0 Å². The Balaban J connectivity index is 2.24. The van der Waals surface area contributed by atoms with Gasteiger partial charge in [-0.05, 0) is 58.8 Å². The van der Waals surface area contributed by atoms with Gasteiger partial charge in [0, 0.05) is 9.61 Å². The number of nitrogens with one attached hydrogen (secondary N) is 1. The van der Waals surface area contributed by atoms with Crippen molar-refractivity contribution in [2.45, 2.75) is 24.3 Å². The number of sulfonamides is 1. The average Bonchev–Trinajstić information content (AvgIpc) is 2.46. The smallest absolute Gasteiger partial charge is 0.207 e. The molecule has 1 atom stereocenters. The van der Waals surface area contributed by atoms with E-state index in [2.05, 4.69) is 27.3 Å². The molecule has 2 aromatic rings. The molecular weight excluding hydrogens is 385 g/mol. The lowest BCUT2D eigenvalue weighted by Crippen LogP contribution is -2.28. The molecule has 3 nitrogen and oxygen atoms in total. The van der Waals surface area contributed by atoms with Gasteiger partial charge in [-0.3, -0.25) is 0 Å². The maximum absolute atomic E-state index is 12.4. The fraction of sp³-hybridized carbons (Fsp3) is 0.200. The Hall–Kier alpha value is -0.920. The maximum atomic E-state index is 12.4. The standard InChI is InChI=1S/C15H16INO2S/c1-2-15(12-6-4-3-5-7-12)17-20(18,19)14-10-8-13(16)9-11-14/h3-11,15,17H,2H2,1H3. The Morgan fingerprint density at radius 3 is 2.20 bits per heavy atom. The Bertz CT molecular complexity index is 654. The van der Waals surface area contributed by atoms with Crippen LogP contribution in [0.4, 0.5) is 0 Å². The molecule has 0 spiro atoms. The second kappa shape index (κ2) is 6.69. The molecular formula is C15H16INO2S. The van der Waals surface area contributed by atoms with Crippen molar-refractivity contribution in [1.82, 2.24) is 4.72 Å². The van der Waals surface area contributed by atoms with Crippen molar-refractivity contribution >= 4 is 32.6 Å². The van der Waals surface area contributed by atoms with Crippen molar-refractivity contribution in [2.75, 3.05) is 0 Å². The first-order valence-corrected chi connectivity index (χ1v) is 8.92. The van der Waals surface area contributed by atoms with Crippen LogP contribution < -0.4 is 4.72 Å². The highest BCUT2D eigenvalue weighted by Crippen LogP contribution is 2.20. The van der Waals surface area contributed by atoms with Gasteiger partial charge in [-0.1, -0.05) is 37.3 Å². The normalized spacial score (nSPS) is 13.1. The second-order valence-electron chi connectivity index (χ2n) is 4.45. The SMILES string of the molecule is CCC(NS(=O)(=O)c1ccc(I)cc1)c1ccccc1. The van der Waals surface area contributed by atoms with Gasteiger partial charge in [0.15, 0.2) is 0 Å². The molecule has 0 aliphatic heterocycles. The molecule has 0 heterocycles. The van der Waals surface area contributed by atoms with E-state index in [1.807, 2.05) is 37.3 Å². The topological polar surface area (TPSA) is 46.2 Å². The molecule has 2 rings (SSSR count). The van der Waals surface area contributed by atoms with Crippen LogP contribution in [0, 0.1) is 3.57 Å². The van der Waals surface area contributed by atoms with Crippen molar-refractivity contribution in [3.8, 4) is 0 Å². The summed E-state index contributed by atoms with van der Waals surface area (Å²) in [7, 11) is -3.49. The number of hydrogen-bond donors (Lipinski definition) is 1. The molecule has 106 valence electrons. The average molecular weight is 401 g/mol. The van der Waals surface area contributed by atoms with Gasteiger partial charge in [-0.15, -0.1) is 0 Å². The first-order valence-electron chi connectivity index (χ1n) is 6.36. The van der Waals surface area contributed by atoms with E-state index in [1.54, 1.807) is 24.3 Å². The van der Waals surface area contributed by atoms with E-state index in [9.17, 15) is 8.42 Å². The Labute approximate surface area is 133 Å². The summed E-state index contributed by atoms with van der Waals surface area (Å²) in [4.78, 5) is 0.298. The highest BCUT2D eigenvalue weighted by molar-refractivity contribution is 14.1. The van der Waals surface area contributed by atoms with Crippen molar-refractivity contribution in [3.63, 3.8) is 0 Å². The fourth-order valence-electron chi connectivity index (χ4n) is 1.94. The van der Waals surface area contributed by atoms with Gasteiger partial charge < -0.3 is 0 Å². The summed E-state index contributed by atoms with van der Waals surface area (Å²) in [6.45, 7) is 1.97. The van der Waals surface area contributed by atoms with Gasteiger partial charge in [0.1, 0.15) is 0 Å². The summed E-state index contributed by atoms with van der Waals surface area (Å²) in [6, 6.07) is 16.2. The van der Waals surface area contributed by atoms with E-state index in [-0.39, 0.29) is 6.04 Å². The minimum atomic E-state index is -3.49. The summed E-state index contributed by atoms with van der Waals surface area (Å²) < 4.78 is 28.5. The molecule has 20 heavy (non-hydrogen) atoms. The molecule has 0 saturated heterocycles. The van der Waals surface area contributed by atoms with Gasteiger partial charge >= 0.3 is 0 Å². The van der Waals surface area contributed by atoms with Gasteiger partial charge in [0.05, 0.1) is 4.90 Å². The zero-order valence-electron chi connectivity index (χ0n) is 11.1. The summed E-state index contributed by atoms with van der Waals surface area (Å²) in [6.07, 6.45) is 0.702. The van der Waals surface area contributed by atoms with E-state index in [4.69, 9.17) is 0 Å². The van der Waals surface area contributed by atoms with Crippen LogP contribution in [0.1, 0.15) is 24.9 Å². The van der Waals surface area contributed by atoms with Crippen LogP contribution in [-0.2, 0) is 10.0 Å². The molecule has 0 aliphatic rings. The minimum Gasteiger partial charge on any atom is -0.207 e. The van der Waals surface area contributed by atoms with E-state index >= 15 is 0 Å². The molecule has 1 N–H and O–H groups in total. The molecule has 0 fully saturated rings. The Morgan fingerprint density at radius 1 is 1.05 bits per heavy atom.